The molecule has 0 aliphatic rings. The number of furan rings is 1. The number of rotatable bonds is 5. The molecular weight excluding hydrogens is 214 g/mol. The average molecular weight is 231 g/mol. The summed E-state index contributed by atoms with van der Waals surface area (Å²) in [4.78, 5) is 0. The van der Waals surface area contributed by atoms with Crippen LogP contribution >= 0.6 is 0 Å². The van der Waals surface area contributed by atoms with Crippen molar-refractivity contribution in [2.75, 3.05) is 6.61 Å². The van der Waals surface area contributed by atoms with Crippen molar-refractivity contribution >= 4 is 0 Å². The smallest absolute Gasteiger partial charge is 0.124 e. The Hall–Kier alpha value is -1.74. The van der Waals surface area contributed by atoms with Crippen molar-refractivity contribution in [1.29, 1.82) is 0 Å². The van der Waals surface area contributed by atoms with Crippen molar-refractivity contribution in [3.8, 4) is 5.75 Å². The van der Waals surface area contributed by atoms with Gasteiger partial charge in [-0.3, -0.25) is 0 Å². The van der Waals surface area contributed by atoms with Gasteiger partial charge >= 0.3 is 0 Å². The zero-order chi connectivity index (χ0) is 12.1. The molecular formula is C14H17NO2. The second-order valence-electron chi connectivity index (χ2n) is 3.92. The Morgan fingerprint density at radius 1 is 1.29 bits per heavy atom. The van der Waals surface area contributed by atoms with E-state index in [0.717, 1.165) is 23.3 Å². The van der Waals surface area contributed by atoms with Gasteiger partial charge in [-0.25, -0.2) is 0 Å². The highest BCUT2D eigenvalue weighted by molar-refractivity contribution is 5.40. The largest absolute Gasteiger partial charge is 0.493 e. The molecule has 0 bridgehead atoms. The first kappa shape index (κ1) is 11.7. The highest BCUT2D eigenvalue weighted by Crippen LogP contribution is 2.28. The highest BCUT2D eigenvalue weighted by atomic mass is 16.5. The highest BCUT2D eigenvalue weighted by Gasteiger charge is 2.14. The molecule has 0 saturated carbocycles. The molecule has 0 aliphatic heterocycles. The predicted octanol–water partition coefficient (Wildman–Crippen LogP) is 3.12. The van der Waals surface area contributed by atoms with Crippen LogP contribution in [0.3, 0.4) is 0 Å². The number of hydrogen-bond acceptors (Lipinski definition) is 3. The summed E-state index contributed by atoms with van der Waals surface area (Å²) < 4.78 is 10.8. The minimum Gasteiger partial charge on any atom is -0.493 e. The van der Waals surface area contributed by atoms with Crippen molar-refractivity contribution in [1.82, 2.24) is 0 Å². The van der Waals surface area contributed by atoms with E-state index in [4.69, 9.17) is 14.9 Å². The molecule has 2 rings (SSSR count). The third kappa shape index (κ3) is 2.68. The van der Waals surface area contributed by atoms with Gasteiger partial charge in [-0.05, 0) is 18.6 Å². The topological polar surface area (TPSA) is 48.4 Å². The van der Waals surface area contributed by atoms with E-state index in [2.05, 4.69) is 6.92 Å². The summed E-state index contributed by atoms with van der Waals surface area (Å²) >= 11 is 0. The minimum absolute atomic E-state index is 0.207. The van der Waals surface area contributed by atoms with E-state index in [1.807, 2.05) is 30.3 Å². The second-order valence-corrected chi connectivity index (χ2v) is 3.92. The molecule has 1 atom stereocenters. The monoisotopic (exact) mass is 231 g/mol. The van der Waals surface area contributed by atoms with E-state index in [1.54, 1.807) is 12.5 Å². The van der Waals surface area contributed by atoms with Crippen LogP contribution in [0.15, 0.2) is 47.3 Å². The third-order valence-electron chi connectivity index (χ3n) is 2.62. The Labute approximate surface area is 101 Å². The fraction of sp³-hybridized carbons (Fsp3) is 0.286. The van der Waals surface area contributed by atoms with E-state index in [9.17, 15) is 0 Å². The molecule has 90 valence electrons. The van der Waals surface area contributed by atoms with Crippen LogP contribution in [0.2, 0.25) is 0 Å². The summed E-state index contributed by atoms with van der Waals surface area (Å²) in [6.45, 7) is 2.79. The number of para-hydroxylation sites is 1. The molecule has 0 spiro atoms. The summed E-state index contributed by atoms with van der Waals surface area (Å²) in [6, 6.07) is 9.53. The molecule has 0 radical (unpaired) electrons. The van der Waals surface area contributed by atoms with Crippen LogP contribution in [0.4, 0.5) is 0 Å². The van der Waals surface area contributed by atoms with E-state index in [-0.39, 0.29) is 6.04 Å². The van der Waals surface area contributed by atoms with Gasteiger partial charge in [-0.2, -0.15) is 0 Å². The average Bonchev–Trinajstić information content (AvgIpc) is 2.89. The molecule has 0 fully saturated rings. The fourth-order valence-corrected chi connectivity index (χ4v) is 1.71. The van der Waals surface area contributed by atoms with Gasteiger partial charge < -0.3 is 14.9 Å². The molecule has 0 amide bonds. The number of ether oxygens (including phenoxy) is 1. The summed E-state index contributed by atoms with van der Waals surface area (Å²) in [6.07, 6.45) is 4.28. The quantitative estimate of drug-likeness (QED) is 0.860. The number of nitrogens with two attached hydrogens (primary N) is 1. The molecule has 3 heteroatoms. The van der Waals surface area contributed by atoms with E-state index < -0.39 is 0 Å². The molecule has 2 N–H and O–H groups in total. The summed E-state index contributed by atoms with van der Waals surface area (Å²) in [7, 11) is 0. The second kappa shape index (κ2) is 5.55. The van der Waals surface area contributed by atoms with Gasteiger partial charge in [0.2, 0.25) is 0 Å². The maximum Gasteiger partial charge on any atom is 0.124 e. The van der Waals surface area contributed by atoms with Gasteiger partial charge in [0.25, 0.3) is 0 Å². The predicted molar refractivity (Wildman–Crippen MR) is 67.0 cm³/mol. The van der Waals surface area contributed by atoms with Crippen molar-refractivity contribution in [3.05, 3.63) is 54.0 Å². The number of benzene rings is 1. The van der Waals surface area contributed by atoms with Crippen LogP contribution in [0.5, 0.6) is 5.75 Å². The van der Waals surface area contributed by atoms with Gasteiger partial charge in [0, 0.05) is 11.1 Å². The van der Waals surface area contributed by atoms with Crippen molar-refractivity contribution in [2.45, 2.75) is 19.4 Å². The molecule has 3 nitrogen and oxygen atoms in total. The third-order valence-corrected chi connectivity index (χ3v) is 2.62. The molecule has 17 heavy (non-hydrogen) atoms. The maximum absolute atomic E-state index is 6.19. The minimum atomic E-state index is -0.207. The van der Waals surface area contributed by atoms with E-state index in [0.29, 0.717) is 6.61 Å². The lowest BCUT2D eigenvalue weighted by atomic mass is 10.0. The van der Waals surface area contributed by atoms with E-state index in [1.165, 1.54) is 0 Å². The van der Waals surface area contributed by atoms with Crippen molar-refractivity contribution in [3.63, 3.8) is 0 Å². The van der Waals surface area contributed by atoms with Crippen molar-refractivity contribution in [2.24, 2.45) is 5.73 Å². The van der Waals surface area contributed by atoms with Crippen LogP contribution in [0.1, 0.15) is 30.5 Å². The Bertz CT molecular complexity index is 451. The van der Waals surface area contributed by atoms with Crippen LogP contribution < -0.4 is 10.5 Å². The first-order valence-corrected chi connectivity index (χ1v) is 5.82. The molecule has 1 heterocycles. The lowest BCUT2D eigenvalue weighted by Crippen LogP contribution is -2.12. The van der Waals surface area contributed by atoms with E-state index >= 15 is 0 Å². The van der Waals surface area contributed by atoms with Gasteiger partial charge in [0.05, 0.1) is 25.2 Å². The van der Waals surface area contributed by atoms with Crippen LogP contribution in [0.25, 0.3) is 0 Å². The summed E-state index contributed by atoms with van der Waals surface area (Å²) in [5, 5.41) is 0. The zero-order valence-electron chi connectivity index (χ0n) is 9.93. The van der Waals surface area contributed by atoms with Crippen LogP contribution in [-0.2, 0) is 0 Å². The first-order valence-electron chi connectivity index (χ1n) is 5.82. The Balaban J connectivity index is 2.25. The Morgan fingerprint density at radius 2 is 2.12 bits per heavy atom. The lowest BCUT2D eigenvalue weighted by molar-refractivity contribution is 0.313. The molecule has 1 aromatic carbocycles. The normalized spacial score (nSPS) is 12.4. The standard InChI is InChI=1S/C14H17NO2/c1-2-8-17-13-6-4-3-5-12(13)14(15)11-7-9-16-10-11/h3-7,9-10,14H,2,8,15H2,1H3. The molecule has 0 aliphatic carbocycles. The SMILES string of the molecule is CCCOc1ccccc1C(N)c1ccoc1. The van der Waals surface area contributed by atoms with Gasteiger partial charge in [0.1, 0.15) is 5.75 Å². The van der Waals surface area contributed by atoms with Crippen LogP contribution in [-0.4, -0.2) is 6.61 Å². The molecule has 1 aromatic heterocycles. The molecule has 2 aromatic rings. The van der Waals surface area contributed by atoms with Crippen LogP contribution in [0, 0.1) is 0 Å². The first-order chi connectivity index (χ1) is 8.33. The zero-order valence-corrected chi connectivity index (χ0v) is 9.93. The summed E-state index contributed by atoms with van der Waals surface area (Å²) in [5.41, 5.74) is 8.14. The summed E-state index contributed by atoms with van der Waals surface area (Å²) in [5.74, 6) is 0.850. The van der Waals surface area contributed by atoms with Crippen molar-refractivity contribution < 1.29 is 9.15 Å². The maximum atomic E-state index is 6.19. The molecule has 1 unspecified atom stereocenters. The van der Waals surface area contributed by atoms with Gasteiger partial charge in [-0.1, -0.05) is 25.1 Å². The molecule has 0 saturated heterocycles. The Kier molecular flexibility index (Phi) is 3.83. The lowest BCUT2D eigenvalue weighted by Gasteiger charge is -2.15. The fourth-order valence-electron chi connectivity index (χ4n) is 1.71. The van der Waals surface area contributed by atoms with Gasteiger partial charge in [0.15, 0.2) is 0 Å². The Morgan fingerprint density at radius 3 is 2.82 bits per heavy atom. The number of hydrogen-bond donors (Lipinski definition) is 1. The van der Waals surface area contributed by atoms with Gasteiger partial charge in [-0.15, -0.1) is 0 Å².